The fourth-order valence-electron chi connectivity index (χ4n) is 2.99. The van der Waals surface area contributed by atoms with E-state index in [0.29, 0.717) is 35.4 Å². The smallest absolute Gasteiger partial charge is 0.252 e. The molecular weight excluding hydrogens is 366 g/mol. The molecule has 2 aromatic rings. The van der Waals surface area contributed by atoms with E-state index in [2.05, 4.69) is 5.32 Å². The highest BCUT2D eigenvalue weighted by Gasteiger charge is 2.42. The number of furan rings is 1. The summed E-state index contributed by atoms with van der Waals surface area (Å²) in [4.78, 5) is 28.5. The Bertz CT molecular complexity index is 820. The van der Waals surface area contributed by atoms with Crippen LogP contribution >= 0.6 is 12.2 Å². The number of hydrogen-bond donors (Lipinski definition) is 1. The highest BCUT2D eigenvalue weighted by atomic mass is 32.1. The van der Waals surface area contributed by atoms with Crippen LogP contribution in [-0.2, 0) is 16.1 Å². The first-order valence-electron chi connectivity index (χ1n) is 8.61. The van der Waals surface area contributed by atoms with Gasteiger partial charge in [-0.3, -0.25) is 14.5 Å². The Morgan fingerprint density at radius 2 is 2.04 bits per heavy atom. The van der Waals surface area contributed by atoms with Crippen molar-refractivity contribution in [2.75, 3.05) is 19.0 Å². The van der Waals surface area contributed by atoms with E-state index in [-0.39, 0.29) is 18.2 Å². The zero-order chi connectivity index (χ0) is 19.4. The number of nitrogens with zero attached hydrogens (tertiary/aromatic N) is 2. The van der Waals surface area contributed by atoms with Crippen LogP contribution in [0.1, 0.15) is 19.1 Å². The third-order valence-corrected chi connectivity index (χ3v) is 4.83. The summed E-state index contributed by atoms with van der Waals surface area (Å²) in [5.74, 6) is 0.957. The van der Waals surface area contributed by atoms with Crippen LogP contribution in [0.25, 0.3) is 0 Å². The summed E-state index contributed by atoms with van der Waals surface area (Å²) < 4.78 is 10.5. The predicted octanol–water partition coefficient (Wildman–Crippen LogP) is 2.63. The minimum absolute atomic E-state index is 0.00219. The van der Waals surface area contributed by atoms with E-state index in [1.165, 1.54) is 4.90 Å². The summed E-state index contributed by atoms with van der Waals surface area (Å²) in [6.45, 7) is 2.66. The molecule has 1 aliphatic rings. The van der Waals surface area contributed by atoms with Gasteiger partial charge in [0.15, 0.2) is 5.11 Å². The Kier molecular flexibility index (Phi) is 5.75. The Hall–Kier alpha value is -2.87. The first kappa shape index (κ1) is 18.9. The molecular formula is C19H21N3O4S. The van der Waals surface area contributed by atoms with Crippen LogP contribution in [0.2, 0.25) is 0 Å². The molecule has 142 valence electrons. The lowest BCUT2D eigenvalue weighted by Crippen LogP contribution is -2.37. The summed E-state index contributed by atoms with van der Waals surface area (Å²) >= 11 is 5.44. The molecule has 1 atom stereocenters. The standard InChI is InChI=1S/C19H21N3O4S/c1-3-21-18(24)16(22(19(21)27)12-15-5-4-10-26-15)11-17(23)20-13-6-8-14(25-2)9-7-13/h4-10,16H,3,11-12H2,1-2H3,(H,20,23)/t16-/m0/s1. The molecule has 1 aromatic heterocycles. The monoisotopic (exact) mass is 387 g/mol. The number of carbonyl (C=O) groups excluding carboxylic acids is 2. The van der Waals surface area contributed by atoms with Crippen LogP contribution in [0.3, 0.4) is 0 Å². The fourth-order valence-corrected chi connectivity index (χ4v) is 3.41. The average molecular weight is 387 g/mol. The van der Waals surface area contributed by atoms with E-state index >= 15 is 0 Å². The predicted molar refractivity (Wildman–Crippen MR) is 104 cm³/mol. The van der Waals surface area contributed by atoms with Crippen LogP contribution in [0.15, 0.2) is 47.1 Å². The summed E-state index contributed by atoms with van der Waals surface area (Å²) in [5.41, 5.74) is 0.638. The van der Waals surface area contributed by atoms with Crippen molar-refractivity contribution in [1.29, 1.82) is 0 Å². The van der Waals surface area contributed by atoms with E-state index < -0.39 is 6.04 Å². The fraction of sp³-hybridized carbons (Fsp3) is 0.316. The zero-order valence-electron chi connectivity index (χ0n) is 15.2. The number of amides is 2. The van der Waals surface area contributed by atoms with Crippen molar-refractivity contribution in [3.63, 3.8) is 0 Å². The Morgan fingerprint density at radius 3 is 2.63 bits per heavy atom. The maximum absolute atomic E-state index is 12.7. The molecule has 0 unspecified atom stereocenters. The molecule has 2 amide bonds. The van der Waals surface area contributed by atoms with Crippen LogP contribution in [-0.4, -0.2) is 46.4 Å². The second-order valence-electron chi connectivity index (χ2n) is 6.07. The Labute approximate surface area is 162 Å². The number of benzene rings is 1. The van der Waals surface area contributed by atoms with Crippen LogP contribution < -0.4 is 10.1 Å². The van der Waals surface area contributed by atoms with Crippen molar-refractivity contribution < 1.29 is 18.7 Å². The average Bonchev–Trinajstić information content (AvgIpc) is 3.25. The summed E-state index contributed by atoms with van der Waals surface area (Å²) in [5, 5.41) is 3.23. The molecule has 0 saturated carbocycles. The van der Waals surface area contributed by atoms with Crippen LogP contribution in [0, 0.1) is 0 Å². The Balaban J connectivity index is 1.71. The third-order valence-electron chi connectivity index (χ3n) is 4.38. The van der Waals surface area contributed by atoms with Crippen LogP contribution in [0.4, 0.5) is 5.69 Å². The van der Waals surface area contributed by atoms with E-state index in [0.717, 1.165) is 0 Å². The quantitative estimate of drug-likeness (QED) is 0.736. The molecule has 0 radical (unpaired) electrons. The first-order chi connectivity index (χ1) is 13.0. The van der Waals surface area contributed by atoms with E-state index in [9.17, 15) is 9.59 Å². The van der Waals surface area contributed by atoms with Crippen LogP contribution in [0.5, 0.6) is 5.75 Å². The van der Waals surface area contributed by atoms with Crippen molar-refractivity contribution in [3.8, 4) is 5.75 Å². The van der Waals surface area contributed by atoms with Gasteiger partial charge in [0.2, 0.25) is 5.91 Å². The van der Waals surface area contributed by atoms with Gasteiger partial charge in [0.05, 0.1) is 26.3 Å². The number of carbonyl (C=O) groups is 2. The van der Waals surface area contributed by atoms with Gasteiger partial charge < -0.3 is 19.4 Å². The van der Waals surface area contributed by atoms with E-state index in [1.54, 1.807) is 48.6 Å². The Morgan fingerprint density at radius 1 is 1.30 bits per heavy atom. The highest BCUT2D eigenvalue weighted by Crippen LogP contribution is 2.24. The number of anilines is 1. The van der Waals surface area contributed by atoms with Gasteiger partial charge in [-0.25, -0.2) is 0 Å². The summed E-state index contributed by atoms with van der Waals surface area (Å²) in [6.07, 6.45) is 1.57. The molecule has 1 aromatic carbocycles. The van der Waals surface area contributed by atoms with Gasteiger partial charge in [-0.15, -0.1) is 0 Å². The zero-order valence-corrected chi connectivity index (χ0v) is 16.0. The number of rotatable bonds is 7. The molecule has 2 heterocycles. The van der Waals surface area contributed by atoms with Crippen molar-refractivity contribution >= 4 is 34.8 Å². The third kappa shape index (κ3) is 4.11. The maximum Gasteiger partial charge on any atom is 0.252 e. The molecule has 1 aliphatic heterocycles. The molecule has 0 bridgehead atoms. The van der Waals surface area contributed by atoms with Crippen molar-refractivity contribution in [2.24, 2.45) is 0 Å². The molecule has 8 heteroatoms. The topological polar surface area (TPSA) is 75.0 Å². The van der Waals surface area contributed by atoms with Crippen molar-refractivity contribution in [2.45, 2.75) is 25.9 Å². The SMILES string of the molecule is CCN1C(=O)[C@H](CC(=O)Nc2ccc(OC)cc2)N(Cc2ccco2)C1=S. The molecule has 0 aliphatic carbocycles. The largest absolute Gasteiger partial charge is 0.497 e. The van der Waals surface area contributed by atoms with Gasteiger partial charge in [-0.2, -0.15) is 0 Å². The number of thiocarbonyl (C=S) groups is 1. The molecule has 1 N–H and O–H groups in total. The summed E-state index contributed by atoms with van der Waals surface area (Å²) in [7, 11) is 1.58. The second-order valence-corrected chi connectivity index (χ2v) is 6.43. The van der Waals surface area contributed by atoms with E-state index in [4.69, 9.17) is 21.4 Å². The number of ether oxygens (including phenoxy) is 1. The van der Waals surface area contributed by atoms with Gasteiger partial charge in [0.1, 0.15) is 17.6 Å². The first-order valence-corrected chi connectivity index (χ1v) is 9.02. The number of methoxy groups -OCH3 is 1. The molecule has 3 rings (SSSR count). The minimum Gasteiger partial charge on any atom is -0.497 e. The normalized spacial score (nSPS) is 16.7. The molecule has 7 nitrogen and oxygen atoms in total. The van der Waals surface area contributed by atoms with Crippen molar-refractivity contribution in [1.82, 2.24) is 9.80 Å². The van der Waals surface area contributed by atoms with Crippen molar-refractivity contribution in [3.05, 3.63) is 48.4 Å². The maximum atomic E-state index is 12.7. The second kappa shape index (κ2) is 8.22. The lowest BCUT2D eigenvalue weighted by atomic mass is 10.1. The highest BCUT2D eigenvalue weighted by molar-refractivity contribution is 7.80. The molecule has 0 spiro atoms. The number of hydrogen-bond acceptors (Lipinski definition) is 5. The number of nitrogens with one attached hydrogen (secondary N) is 1. The van der Waals surface area contributed by atoms with Gasteiger partial charge in [0.25, 0.3) is 5.91 Å². The number of likely N-dealkylation sites (N-methyl/N-ethyl adjacent to an activating group) is 1. The minimum atomic E-state index is -0.652. The van der Waals surface area contributed by atoms with Gasteiger partial charge in [-0.1, -0.05) is 0 Å². The van der Waals surface area contributed by atoms with E-state index in [1.807, 2.05) is 13.0 Å². The lowest BCUT2D eigenvalue weighted by molar-refractivity contribution is -0.130. The van der Waals surface area contributed by atoms with Gasteiger partial charge in [-0.05, 0) is 55.5 Å². The van der Waals surface area contributed by atoms with Gasteiger partial charge >= 0.3 is 0 Å². The summed E-state index contributed by atoms with van der Waals surface area (Å²) in [6, 6.07) is 9.95. The molecule has 27 heavy (non-hydrogen) atoms. The molecule has 1 saturated heterocycles. The van der Waals surface area contributed by atoms with Gasteiger partial charge in [0, 0.05) is 12.2 Å². The lowest BCUT2D eigenvalue weighted by Gasteiger charge is -2.22. The molecule has 1 fully saturated rings.